The van der Waals surface area contributed by atoms with E-state index in [0.29, 0.717) is 18.6 Å². The van der Waals surface area contributed by atoms with Crippen LogP contribution in [-0.4, -0.2) is 21.1 Å². The molecule has 1 unspecified atom stereocenters. The Balaban J connectivity index is 2.09. The van der Waals surface area contributed by atoms with Crippen molar-refractivity contribution in [2.75, 3.05) is 10.5 Å². The van der Waals surface area contributed by atoms with Gasteiger partial charge in [-0.2, -0.15) is 0 Å². The predicted molar refractivity (Wildman–Crippen MR) is 71.5 cm³/mol. The molecule has 18 heavy (non-hydrogen) atoms. The Morgan fingerprint density at radius 2 is 1.89 bits per heavy atom. The van der Waals surface area contributed by atoms with Crippen molar-refractivity contribution in [2.24, 2.45) is 0 Å². The van der Waals surface area contributed by atoms with E-state index in [9.17, 15) is 9.00 Å². The van der Waals surface area contributed by atoms with E-state index in [0.717, 1.165) is 18.5 Å². The van der Waals surface area contributed by atoms with Gasteiger partial charge in [0.05, 0.1) is 0 Å². The van der Waals surface area contributed by atoms with Crippen LogP contribution in [0.1, 0.15) is 25.7 Å². The van der Waals surface area contributed by atoms with Gasteiger partial charge in [-0.1, -0.05) is 24.6 Å². The van der Waals surface area contributed by atoms with Crippen LogP contribution in [0, 0.1) is 0 Å². The summed E-state index contributed by atoms with van der Waals surface area (Å²) in [5.74, 6) is 0.175. The van der Waals surface area contributed by atoms with Crippen molar-refractivity contribution in [2.45, 2.75) is 25.7 Å². The maximum atomic E-state index is 11.6. The molecule has 0 aliphatic heterocycles. The lowest BCUT2D eigenvalue weighted by molar-refractivity contribution is -0.129. The Bertz CT molecular complexity index is 384. The van der Waals surface area contributed by atoms with Crippen molar-refractivity contribution in [3.8, 4) is 0 Å². The lowest BCUT2D eigenvalue weighted by Gasteiger charge is -2.05. The molecule has 1 amide bonds. The summed E-state index contributed by atoms with van der Waals surface area (Å²) in [5, 5.41) is 8.29. The molecule has 0 heterocycles. The summed E-state index contributed by atoms with van der Waals surface area (Å²) in [5.41, 5.74) is 2.43. The van der Waals surface area contributed by atoms with E-state index in [2.05, 4.69) is 4.72 Å². The Morgan fingerprint density at radius 1 is 1.17 bits per heavy atom. The number of unbranched alkanes of at least 4 members (excludes halogenated alkanes) is 2. The highest BCUT2D eigenvalue weighted by atomic mass is 32.2. The molecule has 1 aromatic rings. The van der Waals surface area contributed by atoms with E-state index in [4.69, 9.17) is 5.21 Å². The summed E-state index contributed by atoms with van der Waals surface area (Å²) in [7, 11) is -1.09. The molecule has 100 valence electrons. The van der Waals surface area contributed by atoms with Crippen LogP contribution in [0.4, 0.5) is 5.69 Å². The Kier molecular flexibility index (Phi) is 7.05. The smallest absolute Gasteiger partial charge is 0.243 e. The van der Waals surface area contributed by atoms with Gasteiger partial charge < -0.3 is 4.72 Å². The molecule has 0 aliphatic rings. The molecule has 0 aromatic heterocycles. The van der Waals surface area contributed by atoms with Crippen molar-refractivity contribution in [1.82, 2.24) is 5.48 Å². The quantitative estimate of drug-likeness (QED) is 0.383. The molecule has 1 aromatic carbocycles. The minimum atomic E-state index is -1.09. The second-order valence-corrected chi connectivity index (χ2v) is 5.17. The Labute approximate surface area is 109 Å². The highest BCUT2D eigenvalue weighted by Crippen LogP contribution is 2.07. The average Bonchev–Trinajstić information content (AvgIpc) is 2.39. The normalized spacial score (nSPS) is 11.8. The van der Waals surface area contributed by atoms with Gasteiger partial charge in [0, 0.05) is 17.9 Å². The molecule has 0 aliphatic carbocycles. The molecule has 6 heteroatoms. The summed E-state index contributed by atoms with van der Waals surface area (Å²) >= 11 is 0. The van der Waals surface area contributed by atoms with Crippen molar-refractivity contribution in [1.29, 1.82) is 0 Å². The van der Waals surface area contributed by atoms with E-state index in [1.807, 2.05) is 30.3 Å². The van der Waals surface area contributed by atoms with Crippen LogP contribution in [-0.2, 0) is 15.8 Å². The molecule has 0 spiro atoms. The van der Waals surface area contributed by atoms with E-state index >= 15 is 0 Å². The number of amides is 1. The van der Waals surface area contributed by atoms with E-state index in [1.165, 1.54) is 0 Å². The Hall–Kier alpha value is -1.40. The summed E-state index contributed by atoms with van der Waals surface area (Å²) < 4.78 is 14.6. The summed E-state index contributed by atoms with van der Waals surface area (Å²) in [6.45, 7) is 0. The van der Waals surface area contributed by atoms with Gasteiger partial charge >= 0.3 is 0 Å². The van der Waals surface area contributed by atoms with Gasteiger partial charge in [-0.3, -0.25) is 10.0 Å². The summed E-state index contributed by atoms with van der Waals surface area (Å²) in [6.07, 6.45) is 2.59. The molecule has 5 nitrogen and oxygen atoms in total. The number of hydrogen-bond acceptors (Lipinski definition) is 3. The lowest BCUT2D eigenvalue weighted by Crippen LogP contribution is -2.17. The van der Waals surface area contributed by atoms with Gasteiger partial charge in [0.2, 0.25) is 5.91 Å². The van der Waals surface area contributed by atoms with E-state index in [-0.39, 0.29) is 5.91 Å². The van der Waals surface area contributed by atoms with E-state index < -0.39 is 11.0 Å². The average molecular weight is 270 g/mol. The first-order chi connectivity index (χ1) is 8.72. The minimum absolute atomic E-state index is 0.301. The second kappa shape index (κ2) is 8.66. The van der Waals surface area contributed by atoms with Crippen LogP contribution >= 0.6 is 0 Å². The third-order valence-corrected chi connectivity index (χ3v) is 3.49. The lowest BCUT2D eigenvalue weighted by atomic mass is 10.2. The molecule has 3 N–H and O–H groups in total. The number of para-hydroxylation sites is 1. The van der Waals surface area contributed by atoms with Gasteiger partial charge in [0.1, 0.15) is 11.0 Å². The molecule has 0 fully saturated rings. The maximum Gasteiger partial charge on any atom is 0.243 e. The van der Waals surface area contributed by atoms with Crippen molar-refractivity contribution in [3.05, 3.63) is 30.3 Å². The summed E-state index contributed by atoms with van der Waals surface area (Å²) in [4.78, 5) is 10.7. The van der Waals surface area contributed by atoms with Gasteiger partial charge in [0.15, 0.2) is 0 Å². The van der Waals surface area contributed by atoms with Gasteiger partial charge in [-0.05, 0) is 25.0 Å². The summed E-state index contributed by atoms with van der Waals surface area (Å²) in [6, 6.07) is 9.40. The molecule has 1 atom stereocenters. The minimum Gasteiger partial charge on any atom is -0.305 e. The molecular weight excluding hydrogens is 252 g/mol. The zero-order chi connectivity index (χ0) is 13.2. The van der Waals surface area contributed by atoms with Crippen LogP contribution in [0.5, 0.6) is 0 Å². The van der Waals surface area contributed by atoms with Crippen LogP contribution in [0.3, 0.4) is 0 Å². The van der Waals surface area contributed by atoms with Crippen molar-refractivity contribution in [3.63, 3.8) is 0 Å². The van der Waals surface area contributed by atoms with Crippen LogP contribution in [0.15, 0.2) is 30.3 Å². The first kappa shape index (κ1) is 14.7. The fourth-order valence-corrected chi connectivity index (χ4v) is 2.41. The maximum absolute atomic E-state index is 11.6. The first-order valence-electron chi connectivity index (χ1n) is 5.85. The fraction of sp³-hybridized carbons (Fsp3) is 0.417. The SMILES string of the molecule is O=C(CCCCCS(=O)Nc1ccccc1)NO. The highest BCUT2D eigenvalue weighted by Gasteiger charge is 2.01. The number of rotatable bonds is 8. The van der Waals surface area contributed by atoms with E-state index in [1.54, 1.807) is 5.48 Å². The third-order valence-electron chi connectivity index (χ3n) is 2.36. The number of benzene rings is 1. The number of carbonyl (C=O) groups is 1. The largest absolute Gasteiger partial charge is 0.305 e. The molecule has 0 saturated heterocycles. The number of hydrogen-bond donors (Lipinski definition) is 3. The fourth-order valence-electron chi connectivity index (χ4n) is 1.44. The van der Waals surface area contributed by atoms with Gasteiger partial charge in [-0.15, -0.1) is 0 Å². The van der Waals surface area contributed by atoms with Gasteiger partial charge in [0.25, 0.3) is 0 Å². The van der Waals surface area contributed by atoms with Crippen LogP contribution in [0.2, 0.25) is 0 Å². The standard InChI is InChI=1S/C12H18N2O3S/c15-12(13-16)9-5-2-6-10-18(17)14-11-7-3-1-4-8-11/h1,3-4,7-8,14,16H,2,5-6,9-10H2,(H,13,15). The first-order valence-corrected chi connectivity index (χ1v) is 7.17. The van der Waals surface area contributed by atoms with Gasteiger partial charge in [-0.25, -0.2) is 9.69 Å². The highest BCUT2D eigenvalue weighted by molar-refractivity contribution is 7.86. The van der Waals surface area contributed by atoms with Crippen LogP contribution < -0.4 is 10.2 Å². The topological polar surface area (TPSA) is 78.4 Å². The Morgan fingerprint density at radius 3 is 2.56 bits per heavy atom. The molecule has 0 bridgehead atoms. The third kappa shape index (κ3) is 6.36. The monoisotopic (exact) mass is 270 g/mol. The second-order valence-electron chi connectivity index (χ2n) is 3.86. The zero-order valence-electron chi connectivity index (χ0n) is 10.1. The molecule has 1 rings (SSSR count). The predicted octanol–water partition coefficient (Wildman–Crippen LogP) is 1.83. The number of hydroxylamine groups is 1. The van der Waals surface area contributed by atoms with Crippen LogP contribution in [0.25, 0.3) is 0 Å². The van der Waals surface area contributed by atoms with Crippen molar-refractivity contribution < 1.29 is 14.2 Å². The number of nitrogens with one attached hydrogen (secondary N) is 2. The zero-order valence-corrected chi connectivity index (χ0v) is 10.9. The van der Waals surface area contributed by atoms with Crippen molar-refractivity contribution >= 4 is 22.6 Å². The molecular formula is C12H18N2O3S. The number of anilines is 1. The molecule has 0 radical (unpaired) electrons. The number of carbonyl (C=O) groups excluding carboxylic acids is 1. The molecule has 0 saturated carbocycles.